The number of imidazole rings is 1. The number of thioether (sulfide) groups is 1. The van der Waals surface area contributed by atoms with Crippen LogP contribution >= 0.6 is 23.1 Å². The Morgan fingerprint density at radius 1 is 1.35 bits per heavy atom. The van der Waals surface area contributed by atoms with Crippen LogP contribution in [0.4, 0.5) is 5.00 Å². The summed E-state index contributed by atoms with van der Waals surface area (Å²) in [5.41, 5.74) is 8.85. The van der Waals surface area contributed by atoms with Crippen molar-refractivity contribution in [3.8, 4) is 0 Å². The molecule has 0 fully saturated rings. The molecule has 0 bridgehead atoms. The van der Waals surface area contributed by atoms with E-state index in [2.05, 4.69) is 15.3 Å². The number of rotatable bonds is 5. The van der Waals surface area contributed by atoms with E-state index in [1.807, 2.05) is 31.2 Å². The predicted octanol–water partition coefficient (Wildman–Crippen LogP) is 3.33. The molecule has 8 heteroatoms. The number of aryl methyl sites for hydroxylation is 1. The average Bonchev–Trinajstić information content (AvgIpc) is 3.27. The van der Waals surface area contributed by atoms with E-state index in [4.69, 9.17) is 5.73 Å². The van der Waals surface area contributed by atoms with Crippen molar-refractivity contribution in [2.45, 2.75) is 36.6 Å². The highest BCUT2D eigenvalue weighted by atomic mass is 32.2. The summed E-state index contributed by atoms with van der Waals surface area (Å²) in [6.45, 7) is 1.82. The Hall–Kier alpha value is -2.32. The van der Waals surface area contributed by atoms with Gasteiger partial charge in [-0.1, -0.05) is 23.9 Å². The number of aromatic nitrogens is 2. The lowest BCUT2D eigenvalue weighted by Crippen LogP contribution is -2.24. The molecule has 2 heterocycles. The molecule has 1 aliphatic carbocycles. The summed E-state index contributed by atoms with van der Waals surface area (Å²) in [6, 6.07) is 7.73. The van der Waals surface area contributed by atoms with Crippen LogP contribution in [0, 0.1) is 0 Å². The second kappa shape index (κ2) is 6.77. The molecule has 2 amide bonds. The minimum Gasteiger partial charge on any atom is -0.365 e. The number of aromatic amines is 1. The SMILES string of the molecule is C[C@H](Sc1nc2ccccc2[nH]1)C(=O)Nc1sc2c(c1C(N)=O)CCC2. The van der Waals surface area contributed by atoms with Crippen molar-refractivity contribution in [1.82, 2.24) is 9.97 Å². The van der Waals surface area contributed by atoms with Gasteiger partial charge in [0.25, 0.3) is 5.91 Å². The molecule has 6 nitrogen and oxygen atoms in total. The van der Waals surface area contributed by atoms with Gasteiger partial charge in [0.1, 0.15) is 5.00 Å². The maximum Gasteiger partial charge on any atom is 0.251 e. The molecule has 1 atom stereocenters. The van der Waals surface area contributed by atoms with Gasteiger partial charge >= 0.3 is 0 Å². The molecule has 1 aliphatic rings. The first-order chi connectivity index (χ1) is 12.5. The highest BCUT2D eigenvalue weighted by molar-refractivity contribution is 8.00. The Labute approximate surface area is 158 Å². The van der Waals surface area contributed by atoms with E-state index in [1.165, 1.54) is 23.1 Å². The highest BCUT2D eigenvalue weighted by Crippen LogP contribution is 2.39. The number of nitrogens with zero attached hydrogens (tertiary/aromatic N) is 1. The second-order valence-corrected chi connectivity index (χ2v) is 8.67. The van der Waals surface area contributed by atoms with E-state index in [-0.39, 0.29) is 11.2 Å². The number of fused-ring (bicyclic) bond motifs is 2. The number of nitrogens with two attached hydrogens (primary N) is 1. The van der Waals surface area contributed by atoms with Crippen molar-refractivity contribution >= 4 is 50.9 Å². The number of para-hydroxylation sites is 2. The van der Waals surface area contributed by atoms with Crippen LogP contribution in [0.15, 0.2) is 29.4 Å². The summed E-state index contributed by atoms with van der Waals surface area (Å²) < 4.78 is 0. The lowest BCUT2D eigenvalue weighted by molar-refractivity contribution is -0.115. The van der Waals surface area contributed by atoms with Crippen LogP contribution in [0.5, 0.6) is 0 Å². The average molecular weight is 387 g/mol. The summed E-state index contributed by atoms with van der Waals surface area (Å²) >= 11 is 2.82. The molecule has 1 aromatic carbocycles. The van der Waals surface area contributed by atoms with Gasteiger partial charge in [-0.3, -0.25) is 9.59 Å². The van der Waals surface area contributed by atoms with Gasteiger partial charge in [-0.05, 0) is 43.9 Å². The highest BCUT2D eigenvalue weighted by Gasteiger charge is 2.27. The van der Waals surface area contributed by atoms with Crippen molar-refractivity contribution in [2.24, 2.45) is 5.73 Å². The molecule has 0 unspecified atom stereocenters. The first-order valence-corrected chi connectivity index (χ1v) is 10.1. The first-order valence-electron chi connectivity index (χ1n) is 8.39. The van der Waals surface area contributed by atoms with Crippen molar-refractivity contribution in [1.29, 1.82) is 0 Å². The van der Waals surface area contributed by atoms with Crippen LogP contribution in [0.1, 0.15) is 34.1 Å². The number of anilines is 1. The van der Waals surface area contributed by atoms with E-state index in [0.717, 1.165) is 40.7 Å². The number of primary amides is 1. The Kier molecular flexibility index (Phi) is 4.46. The predicted molar refractivity (Wildman–Crippen MR) is 105 cm³/mol. The van der Waals surface area contributed by atoms with Crippen LogP contribution in [0.2, 0.25) is 0 Å². The number of hydrogen-bond acceptors (Lipinski definition) is 5. The van der Waals surface area contributed by atoms with E-state index < -0.39 is 5.91 Å². The van der Waals surface area contributed by atoms with E-state index >= 15 is 0 Å². The molecular weight excluding hydrogens is 368 g/mol. The molecule has 0 spiro atoms. The smallest absolute Gasteiger partial charge is 0.251 e. The maximum absolute atomic E-state index is 12.6. The molecule has 0 saturated carbocycles. The number of benzene rings is 1. The molecule has 134 valence electrons. The zero-order valence-electron chi connectivity index (χ0n) is 14.2. The molecule has 4 rings (SSSR count). The van der Waals surface area contributed by atoms with Gasteiger partial charge in [0, 0.05) is 4.88 Å². The van der Waals surface area contributed by atoms with Gasteiger partial charge in [0.2, 0.25) is 5.91 Å². The largest absolute Gasteiger partial charge is 0.365 e. The number of H-pyrrole nitrogens is 1. The molecule has 3 aromatic rings. The number of nitrogens with one attached hydrogen (secondary N) is 2. The second-order valence-electron chi connectivity index (χ2n) is 6.23. The fourth-order valence-corrected chi connectivity index (χ4v) is 5.29. The van der Waals surface area contributed by atoms with E-state index in [1.54, 1.807) is 0 Å². The third kappa shape index (κ3) is 3.10. The third-order valence-corrected chi connectivity index (χ3v) is 6.62. The van der Waals surface area contributed by atoms with Gasteiger partial charge in [0.15, 0.2) is 5.16 Å². The zero-order chi connectivity index (χ0) is 18.3. The fraction of sp³-hybridized carbons (Fsp3) is 0.278. The Bertz CT molecular complexity index is 975. The molecule has 4 N–H and O–H groups in total. The number of carbonyl (C=O) groups excluding carboxylic acids is 2. The van der Waals surface area contributed by atoms with Gasteiger partial charge in [-0.25, -0.2) is 4.98 Å². The number of amides is 2. The number of hydrogen-bond donors (Lipinski definition) is 3. The summed E-state index contributed by atoms with van der Waals surface area (Å²) in [6.07, 6.45) is 2.83. The maximum atomic E-state index is 12.6. The first kappa shape index (κ1) is 17.1. The monoisotopic (exact) mass is 386 g/mol. The van der Waals surface area contributed by atoms with Gasteiger partial charge in [-0.15, -0.1) is 11.3 Å². The standard InChI is InChI=1S/C18H18N4O2S2/c1-9(25-18-20-11-6-2-3-7-12(11)21-18)16(24)22-17-14(15(19)23)10-5-4-8-13(10)26-17/h2-3,6-7,9H,4-5,8H2,1H3,(H2,19,23)(H,20,21)(H,22,24)/t9-/m0/s1. The molecule has 0 radical (unpaired) electrons. The van der Waals surface area contributed by atoms with E-state index in [9.17, 15) is 9.59 Å². The van der Waals surface area contributed by atoms with E-state index in [0.29, 0.717) is 15.7 Å². The Morgan fingerprint density at radius 2 is 2.15 bits per heavy atom. The van der Waals surface area contributed by atoms with Gasteiger partial charge in [0.05, 0.1) is 21.8 Å². The van der Waals surface area contributed by atoms with Crippen LogP contribution in [-0.4, -0.2) is 27.0 Å². The quantitative estimate of drug-likeness (QED) is 0.586. The van der Waals surface area contributed by atoms with Crippen molar-refractivity contribution in [2.75, 3.05) is 5.32 Å². The van der Waals surface area contributed by atoms with Gasteiger partial charge < -0.3 is 16.0 Å². The lowest BCUT2D eigenvalue weighted by Gasteiger charge is -2.10. The Balaban J connectivity index is 1.50. The zero-order valence-corrected chi connectivity index (χ0v) is 15.8. The van der Waals surface area contributed by atoms with Crippen molar-refractivity contribution < 1.29 is 9.59 Å². The Morgan fingerprint density at radius 3 is 2.92 bits per heavy atom. The summed E-state index contributed by atoms with van der Waals surface area (Å²) in [7, 11) is 0. The normalized spacial score (nSPS) is 14.3. The van der Waals surface area contributed by atoms with Crippen molar-refractivity contribution in [3.63, 3.8) is 0 Å². The van der Waals surface area contributed by atoms with Crippen molar-refractivity contribution in [3.05, 3.63) is 40.3 Å². The molecular formula is C18H18N4O2S2. The van der Waals surface area contributed by atoms with Crippen LogP contribution in [-0.2, 0) is 17.6 Å². The summed E-state index contributed by atoms with van der Waals surface area (Å²) in [5, 5.41) is 3.79. The number of carbonyl (C=O) groups is 2. The third-order valence-electron chi connectivity index (χ3n) is 4.43. The molecule has 0 saturated heterocycles. The molecule has 26 heavy (non-hydrogen) atoms. The minimum absolute atomic E-state index is 0.169. The fourth-order valence-electron chi connectivity index (χ4n) is 3.17. The molecule has 2 aromatic heterocycles. The topological polar surface area (TPSA) is 101 Å². The molecule has 0 aliphatic heterocycles. The van der Waals surface area contributed by atoms with Crippen LogP contribution < -0.4 is 11.1 Å². The summed E-state index contributed by atoms with van der Waals surface area (Å²) in [4.78, 5) is 33.3. The lowest BCUT2D eigenvalue weighted by atomic mass is 10.1. The van der Waals surface area contributed by atoms with Gasteiger partial charge in [-0.2, -0.15) is 0 Å². The van der Waals surface area contributed by atoms with Crippen LogP contribution in [0.3, 0.4) is 0 Å². The minimum atomic E-state index is -0.475. The van der Waals surface area contributed by atoms with Crippen LogP contribution in [0.25, 0.3) is 11.0 Å². The summed E-state index contributed by atoms with van der Waals surface area (Å²) in [5.74, 6) is -0.643. The number of thiophene rings is 1.